The fraction of sp³-hybridized carbons (Fsp3) is 0.333. The molecule has 0 aromatic heterocycles. The summed E-state index contributed by atoms with van der Waals surface area (Å²) in [6, 6.07) is 14.6. The normalized spacial score (nSPS) is 26.2. The zero-order chi connectivity index (χ0) is 16.0. The quantitative estimate of drug-likeness (QED) is 0.889. The van der Waals surface area contributed by atoms with Gasteiger partial charge in [0, 0.05) is 23.7 Å². The Morgan fingerprint density at radius 3 is 2.57 bits per heavy atom. The van der Waals surface area contributed by atoms with E-state index in [-0.39, 0.29) is 6.04 Å². The molecule has 2 aromatic carbocycles. The van der Waals surface area contributed by atoms with E-state index in [2.05, 4.69) is 5.32 Å². The maximum absolute atomic E-state index is 12.8. The molecule has 120 valence electrons. The van der Waals surface area contributed by atoms with Gasteiger partial charge in [0.15, 0.2) is 0 Å². The molecule has 2 aliphatic rings. The number of anilines is 1. The molecule has 1 aliphatic carbocycles. The van der Waals surface area contributed by atoms with E-state index in [1.54, 1.807) is 30.3 Å². The van der Waals surface area contributed by atoms with Crippen LogP contribution in [0.2, 0.25) is 0 Å². The summed E-state index contributed by atoms with van der Waals surface area (Å²) in [5.41, 5.74) is 8.27. The van der Waals surface area contributed by atoms with Crippen LogP contribution in [0.15, 0.2) is 58.3 Å². The molecule has 0 radical (unpaired) electrons. The van der Waals surface area contributed by atoms with Crippen LogP contribution >= 0.6 is 0 Å². The van der Waals surface area contributed by atoms with Gasteiger partial charge in [-0.05, 0) is 55.2 Å². The van der Waals surface area contributed by atoms with E-state index in [9.17, 15) is 8.42 Å². The molecule has 23 heavy (non-hydrogen) atoms. The lowest BCUT2D eigenvalue weighted by Crippen LogP contribution is -2.35. The second-order valence-electron chi connectivity index (χ2n) is 6.50. The number of hydrogen-bond acceptors (Lipinski definition) is 4. The molecule has 1 heterocycles. The predicted molar refractivity (Wildman–Crippen MR) is 90.3 cm³/mol. The molecule has 4 nitrogen and oxygen atoms in total. The SMILES string of the molecule is N[C@H]1CCC2Nc3ccc(S(=O)(=O)c4ccccc4)cc3C2C1. The lowest BCUT2D eigenvalue weighted by Gasteiger charge is -2.29. The number of fused-ring (bicyclic) bond motifs is 3. The summed E-state index contributed by atoms with van der Waals surface area (Å²) in [5.74, 6) is 0.319. The van der Waals surface area contributed by atoms with Gasteiger partial charge in [-0.2, -0.15) is 0 Å². The highest BCUT2D eigenvalue weighted by atomic mass is 32.2. The molecule has 2 unspecified atom stereocenters. The van der Waals surface area contributed by atoms with Crippen molar-refractivity contribution >= 4 is 15.5 Å². The molecule has 1 fully saturated rings. The van der Waals surface area contributed by atoms with E-state index in [4.69, 9.17) is 5.73 Å². The van der Waals surface area contributed by atoms with Gasteiger partial charge in [-0.15, -0.1) is 0 Å². The van der Waals surface area contributed by atoms with E-state index < -0.39 is 9.84 Å². The Labute approximate surface area is 136 Å². The number of rotatable bonds is 2. The Morgan fingerprint density at radius 1 is 1.00 bits per heavy atom. The topological polar surface area (TPSA) is 72.2 Å². The first-order chi connectivity index (χ1) is 11.1. The first kappa shape index (κ1) is 14.7. The minimum absolute atomic E-state index is 0.207. The van der Waals surface area contributed by atoms with Gasteiger partial charge in [-0.3, -0.25) is 0 Å². The van der Waals surface area contributed by atoms with Crippen molar-refractivity contribution in [2.75, 3.05) is 5.32 Å². The number of nitrogens with two attached hydrogens (primary N) is 1. The summed E-state index contributed by atoms with van der Waals surface area (Å²) in [5, 5.41) is 3.53. The van der Waals surface area contributed by atoms with Crippen molar-refractivity contribution in [2.24, 2.45) is 5.73 Å². The summed E-state index contributed by atoms with van der Waals surface area (Å²) in [7, 11) is -3.47. The van der Waals surface area contributed by atoms with Crippen molar-refractivity contribution in [1.29, 1.82) is 0 Å². The molecule has 3 N–H and O–H groups in total. The monoisotopic (exact) mass is 328 g/mol. The maximum Gasteiger partial charge on any atom is 0.206 e. The lowest BCUT2D eigenvalue weighted by atomic mass is 9.80. The van der Waals surface area contributed by atoms with Crippen molar-refractivity contribution in [2.45, 2.75) is 47.1 Å². The minimum Gasteiger partial charge on any atom is -0.381 e. The third kappa shape index (κ3) is 2.44. The average molecular weight is 328 g/mol. The zero-order valence-corrected chi connectivity index (χ0v) is 13.6. The molecular weight excluding hydrogens is 308 g/mol. The van der Waals surface area contributed by atoms with Crippen molar-refractivity contribution in [3.63, 3.8) is 0 Å². The summed E-state index contributed by atoms with van der Waals surface area (Å²) in [4.78, 5) is 0.701. The maximum atomic E-state index is 12.8. The molecule has 0 spiro atoms. The Bertz CT molecular complexity index is 833. The fourth-order valence-electron chi connectivity index (χ4n) is 3.80. The van der Waals surface area contributed by atoms with Gasteiger partial charge in [0.2, 0.25) is 9.84 Å². The van der Waals surface area contributed by atoms with Crippen molar-refractivity contribution in [1.82, 2.24) is 0 Å². The van der Waals surface area contributed by atoms with Crippen molar-refractivity contribution in [3.8, 4) is 0 Å². The molecule has 5 heteroatoms. The van der Waals surface area contributed by atoms with Crippen molar-refractivity contribution in [3.05, 3.63) is 54.1 Å². The van der Waals surface area contributed by atoms with E-state index in [1.807, 2.05) is 18.2 Å². The van der Waals surface area contributed by atoms with Gasteiger partial charge in [0.1, 0.15) is 0 Å². The highest BCUT2D eigenvalue weighted by molar-refractivity contribution is 7.91. The van der Waals surface area contributed by atoms with Crippen LogP contribution in [0, 0.1) is 0 Å². The largest absolute Gasteiger partial charge is 0.381 e. The molecule has 0 bridgehead atoms. The molecule has 0 amide bonds. The van der Waals surface area contributed by atoms with Crippen LogP contribution in [-0.4, -0.2) is 20.5 Å². The van der Waals surface area contributed by atoms with Crippen LogP contribution in [0.1, 0.15) is 30.7 Å². The van der Waals surface area contributed by atoms with Crippen molar-refractivity contribution < 1.29 is 8.42 Å². The first-order valence-corrected chi connectivity index (χ1v) is 9.50. The van der Waals surface area contributed by atoms with Crippen LogP contribution in [0.5, 0.6) is 0 Å². The smallest absolute Gasteiger partial charge is 0.206 e. The van der Waals surface area contributed by atoms with E-state index in [1.165, 1.54) is 0 Å². The van der Waals surface area contributed by atoms with Gasteiger partial charge < -0.3 is 11.1 Å². The Balaban J connectivity index is 1.75. The fourth-order valence-corrected chi connectivity index (χ4v) is 5.12. The van der Waals surface area contributed by atoms with Crippen LogP contribution in [0.25, 0.3) is 0 Å². The van der Waals surface area contributed by atoms with Gasteiger partial charge in [0.25, 0.3) is 0 Å². The third-order valence-corrected chi connectivity index (χ3v) is 6.79. The minimum atomic E-state index is -3.47. The Morgan fingerprint density at radius 2 is 1.78 bits per heavy atom. The van der Waals surface area contributed by atoms with Crippen LogP contribution in [-0.2, 0) is 9.84 Å². The number of benzene rings is 2. The van der Waals surface area contributed by atoms with E-state index in [0.29, 0.717) is 21.8 Å². The summed E-state index contributed by atoms with van der Waals surface area (Å²) in [6.45, 7) is 0. The average Bonchev–Trinajstić information content (AvgIpc) is 2.93. The standard InChI is InChI=1S/C18H20N2O2S/c19-12-6-8-17-15(10-12)16-11-14(7-9-18(16)20-17)23(21,22)13-4-2-1-3-5-13/h1-5,7,9,11-12,15,17,20H,6,8,10,19H2/t12-,15?,17?/m0/s1. The lowest BCUT2D eigenvalue weighted by molar-refractivity contribution is 0.376. The van der Waals surface area contributed by atoms with Gasteiger partial charge in [0.05, 0.1) is 9.79 Å². The molecule has 4 rings (SSSR count). The van der Waals surface area contributed by atoms with E-state index in [0.717, 1.165) is 30.5 Å². The Kier molecular flexibility index (Phi) is 3.43. The van der Waals surface area contributed by atoms with Crippen LogP contribution in [0.3, 0.4) is 0 Å². The number of sulfone groups is 1. The second kappa shape index (κ2) is 5.35. The van der Waals surface area contributed by atoms with Gasteiger partial charge in [-0.25, -0.2) is 8.42 Å². The number of hydrogen-bond donors (Lipinski definition) is 2. The summed E-state index contributed by atoms with van der Waals surface area (Å²) in [6.07, 6.45) is 2.98. The molecule has 1 saturated carbocycles. The summed E-state index contributed by atoms with van der Waals surface area (Å²) < 4.78 is 25.6. The van der Waals surface area contributed by atoms with Crippen LogP contribution < -0.4 is 11.1 Å². The third-order valence-electron chi connectivity index (χ3n) is 5.02. The molecular formula is C18H20N2O2S. The predicted octanol–water partition coefficient (Wildman–Crippen LogP) is 2.91. The first-order valence-electron chi connectivity index (χ1n) is 8.02. The van der Waals surface area contributed by atoms with Crippen LogP contribution in [0.4, 0.5) is 5.69 Å². The molecule has 0 saturated heterocycles. The highest BCUT2D eigenvalue weighted by Crippen LogP contribution is 2.44. The summed E-state index contributed by atoms with van der Waals surface area (Å²) >= 11 is 0. The van der Waals surface area contributed by atoms with E-state index >= 15 is 0 Å². The van der Waals surface area contributed by atoms with Gasteiger partial charge in [-0.1, -0.05) is 18.2 Å². The number of nitrogens with one attached hydrogen (secondary N) is 1. The molecule has 3 atom stereocenters. The second-order valence-corrected chi connectivity index (χ2v) is 8.45. The zero-order valence-electron chi connectivity index (χ0n) is 12.8. The Hall–Kier alpha value is -1.85. The molecule has 1 aliphatic heterocycles. The van der Waals surface area contributed by atoms with Gasteiger partial charge >= 0.3 is 0 Å². The highest BCUT2D eigenvalue weighted by Gasteiger charge is 2.37. The molecule has 2 aromatic rings.